The maximum Gasteiger partial charge on any atom is 0.251 e. The Balaban J connectivity index is 1.60. The number of aryl methyl sites for hydroxylation is 2. The molecule has 1 aromatic carbocycles. The Hall–Kier alpha value is -2.41. The van der Waals surface area contributed by atoms with Crippen LogP contribution in [-0.2, 0) is 12.8 Å². The van der Waals surface area contributed by atoms with Crippen molar-refractivity contribution < 1.29 is 4.79 Å². The summed E-state index contributed by atoms with van der Waals surface area (Å²) in [6.45, 7) is 1.88. The van der Waals surface area contributed by atoms with E-state index in [1.165, 1.54) is 40.8 Å². The molecule has 6 nitrogen and oxygen atoms in total. The van der Waals surface area contributed by atoms with E-state index >= 15 is 0 Å². The Kier molecular flexibility index (Phi) is 3.72. The van der Waals surface area contributed by atoms with Crippen LogP contribution in [0, 0.1) is 0 Å². The highest BCUT2D eigenvalue weighted by molar-refractivity contribution is 7.15. The van der Waals surface area contributed by atoms with Crippen molar-refractivity contribution >= 4 is 33.3 Å². The number of aromatic amines is 1. The van der Waals surface area contributed by atoms with Gasteiger partial charge in [0.05, 0.1) is 6.04 Å². The number of amides is 1. The molecule has 0 radical (unpaired) electrons. The summed E-state index contributed by atoms with van der Waals surface area (Å²) in [5, 5.41) is 13.0. The zero-order chi connectivity index (χ0) is 16.7. The van der Waals surface area contributed by atoms with E-state index in [2.05, 4.69) is 20.5 Å². The first kappa shape index (κ1) is 15.1. The lowest BCUT2D eigenvalue weighted by Gasteiger charge is -2.12. The van der Waals surface area contributed by atoms with Crippen molar-refractivity contribution in [3.63, 3.8) is 0 Å². The fraction of sp³-hybridized carbons (Fsp3) is 0.353. The minimum absolute atomic E-state index is 0.107. The SMILES string of the molecule is CC(NC(=O)c1ccc2[nH]c3c(c2c1)CCCC3)c1nnc(N)s1. The number of nitrogens with zero attached hydrogens (tertiary/aromatic N) is 2. The average Bonchev–Trinajstić information content (AvgIpc) is 3.17. The van der Waals surface area contributed by atoms with Gasteiger partial charge in [0, 0.05) is 22.2 Å². The fourth-order valence-corrected chi connectivity index (χ4v) is 3.92. The molecule has 7 heteroatoms. The van der Waals surface area contributed by atoms with E-state index in [9.17, 15) is 4.79 Å². The van der Waals surface area contributed by atoms with Gasteiger partial charge in [0.15, 0.2) is 0 Å². The van der Waals surface area contributed by atoms with Crippen molar-refractivity contribution in [1.82, 2.24) is 20.5 Å². The molecule has 3 aromatic rings. The second kappa shape index (κ2) is 5.90. The van der Waals surface area contributed by atoms with Gasteiger partial charge < -0.3 is 16.0 Å². The number of rotatable bonds is 3. The lowest BCUT2D eigenvalue weighted by molar-refractivity contribution is 0.0940. The summed E-state index contributed by atoms with van der Waals surface area (Å²) in [4.78, 5) is 16.1. The summed E-state index contributed by atoms with van der Waals surface area (Å²) in [7, 11) is 0. The highest BCUT2D eigenvalue weighted by Crippen LogP contribution is 2.30. The lowest BCUT2D eigenvalue weighted by Crippen LogP contribution is -2.26. The highest BCUT2D eigenvalue weighted by atomic mass is 32.1. The zero-order valence-corrected chi connectivity index (χ0v) is 14.2. The molecular weight excluding hydrogens is 322 g/mol. The molecule has 0 saturated carbocycles. The minimum atomic E-state index is -0.219. The molecule has 1 unspecified atom stereocenters. The van der Waals surface area contributed by atoms with Crippen LogP contribution >= 0.6 is 11.3 Å². The topological polar surface area (TPSA) is 96.7 Å². The van der Waals surface area contributed by atoms with Gasteiger partial charge in [0.2, 0.25) is 5.13 Å². The highest BCUT2D eigenvalue weighted by Gasteiger charge is 2.18. The van der Waals surface area contributed by atoms with Crippen molar-refractivity contribution in [2.45, 2.75) is 38.6 Å². The molecule has 2 heterocycles. The normalized spacial score (nSPS) is 15.2. The van der Waals surface area contributed by atoms with E-state index in [1.807, 2.05) is 25.1 Å². The van der Waals surface area contributed by atoms with Gasteiger partial charge in [-0.3, -0.25) is 4.79 Å². The van der Waals surface area contributed by atoms with Crippen molar-refractivity contribution in [2.75, 3.05) is 5.73 Å². The minimum Gasteiger partial charge on any atom is -0.374 e. The summed E-state index contributed by atoms with van der Waals surface area (Å²) in [5.41, 5.74) is 10.1. The monoisotopic (exact) mass is 341 g/mol. The number of hydrogen-bond acceptors (Lipinski definition) is 5. The lowest BCUT2D eigenvalue weighted by atomic mass is 9.95. The van der Waals surface area contributed by atoms with Gasteiger partial charge in [0.25, 0.3) is 5.91 Å². The summed E-state index contributed by atoms with van der Waals surface area (Å²) in [5.74, 6) is -0.107. The third-order valence-corrected chi connectivity index (χ3v) is 5.47. The molecule has 4 rings (SSSR count). The van der Waals surface area contributed by atoms with Gasteiger partial charge in [-0.2, -0.15) is 0 Å². The van der Waals surface area contributed by atoms with E-state index in [1.54, 1.807) is 0 Å². The van der Waals surface area contributed by atoms with Crippen molar-refractivity contribution in [1.29, 1.82) is 0 Å². The largest absolute Gasteiger partial charge is 0.374 e. The molecule has 0 fully saturated rings. The van der Waals surface area contributed by atoms with Crippen LogP contribution in [0.1, 0.15) is 52.4 Å². The predicted octanol–water partition coefficient (Wildman–Crippen LogP) is 2.97. The van der Waals surface area contributed by atoms with E-state index in [4.69, 9.17) is 5.73 Å². The Morgan fingerprint density at radius 2 is 2.17 bits per heavy atom. The number of H-pyrrole nitrogens is 1. The number of benzene rings is 1. The number of hydrogen-bond donors (Lipinski definition) is 3. The van der Waals surface area contributed by atoms with E-state index in [0.29, 0.717) is 15.7 Å². The van der Waals surface area contributed by atoms with Gasteiger partial charge in [-0.05, 0) is 56.4 Å². The number of nitrogens with two attached hydrogens (primary N) is 1. The van der Waals surface area contributed by atoms with Crippen LogP contribution in [0.3, 0.4) is 0 Å². The van der Waals surface area contributed by atoms with Crippen LogP contribution < -0.4 is 11.1 Å². The quantitative estimate of drug-likeness (QED) is 0.682. The molecule has 1 aliphatic rings. The second-order valence-corrected chi connectivity index (χ2v) is 7.26. The average molecular weight is 341 g/mol. The van der Waals surface area contributed by atoms with Crippen molar-refractivity contribution in [3.8, 4) is 0 Å². The number of aromatic nitrogens is 3. The van der Waals surface area contributed by atoms with Gasteiger partial charge in [-0.15, -0.1) is 10.2 Å². The molecule has 1 atom stereocenters. The van der Waals surface area contributed by atoms with Crippen LogP contribution in [0.25, 0.3) is 10.9 Å². The molecular formula is C17H19N5OS. The van der Waals surface area contributed by atoms with Crippen molar-refractivity contribution in [3.05, 3.63) is 40.0 Å². The molecule has 2 aromatic heterocycles. The summed E-state index contributed by atoms with van der Waals surface area (Å²) >= 11 is 1.29. The van der Waals surface area contributed by atoms with Crippen LogP contribution in [0.2, 0.25) is 0 Å². The Bertz CT molecular complexity index is 913. The van der Waals surface area contributed by atoms with Crippen LogP contribution in [-0.4, -0.2) is 21.1 Å². The molecule has 0 saturated heterocycles. The molecule has 24 heavy (non-hydrogen) atoms. The first-order valence-electron chi connectivity index (χ1n) is 8.15. The van der Waals surface area contributed by atoms with Crippen LogP contribution in [0.4, 0.5) is 5.13 Å². The predicted molar refractivity (Wildman–Crippen MR) is 95.1 cm³/mol. The number of carbonyl (C=O) groups excluding carboxylic acids is 1. The molecule has 0 aliphatic heterocycles. The molecule has 124 valence electrons. The molecule has 4 N–H and O–H groups in total. The van der Waals surface area contributed by atoms with Crippen molar-refractivity contribution in [2.24, 2.45) is 0 Å². The molecule has 0 spiro atoms. The van der Waals surface area contributed by atoms with Gasteiger partial charge in [0.1, 0.15) is 5.01 Å². The number of fused-ring (bicyclic) bond motifs is 3. The first-order chi connectivity index (χ1) is 11.6. The number of anilines is 1. The smallest absolute Gasteiger partial charge is 0.251 e. The number of nitrogens with one attached hydrogen (secondary N) is 2. The standard InChI is InChI=1S/C17H19N5OS/c1-9(16-21-22-17(18)24-16)19-15(23)10-6-7-14-12(8-10)11-4-2-3-5-13(11)20-14/h6-9,20H,2-5H2,1H3,(H2,18,22)(H,19,23). The van der Waals surface area contributed by atoms with E-state index < -0.39 is 0 Å². The van der Waals surface area contributed by atoms with Crippen LogP contribution in [0.15, 0.2) is 18.2 Å². The maximum atomic E-state index is 12.6. The summed E-state index contributed by atoms with van der Waals surface area (Å²) in [6, 6.07) is 5.63. The Morgan fingerprint density at radius 1 is 1.33 bits per heavy atom. The summed E-state index contributed by atoms with van der Waals surface area (Å²) in [6.07, 6.45) is 4.63. The maximum absolute atomic E-state index is 12.6. The Morgan fingerprint density at radius 3 is 2.96 bits per heavy atom. The third-order valence-electron chi connectivity index (χ3n) is 4.53. The van der Waals surface area contributed by atoms with Crippen LogP contribution in [0.5, 0.6) is 0 Å². The third kappa shape index (κ3) is 2.65. The molecule has 0 bridgehead atoms. The fourth-order valence-electron chi connectivity index (χ4n) is 3.31. The molecule has 1 aliphatic carbocycles. The second-order valence-electron chi connectivity index (χ2n) is 6.22. The Labute approximate surface area is 143 Å². The number of carbonyl (C=O) groups is 1. The van der Waals surface area contributed by atoms with E-state index in [0.717, 1.165) is 18.4 Å². The van der Waals surface area contributed by atoms with Gasteiger partial charge in [-0.25, -0.2) is 0 Å². The van der Waals surface area contributed by atoms with Gasteiger partial charge >= 0.3 is 0 Å². The number of nitrogen functional groups attached to an aromatic ring is 1. The zero-order valence-electron chi connectivity index (χ0n) is 13.4. The van der Waals surface area contributed by atoms with E-state index in [-0.39, 0.29) is 11.9 Å². The molecule has 1 amide bonds. The first-order valence-corrected chi connectivity index (χ1v) is 8.96. The summed E-state index contributed by atoms with van der Waals surface area (Å²) < 4.78 is 0. The van der Waals surface area contributed by atoms with Gasteiger partial charge in [-0.1, -0.05) is 11.3 Å².